The molecular weight excluding hydrogens is 368 g/mol. The molecule has 8 heteroatoms. The van der Waals surface area contributed by atoms with Crippen LogP contribution in [0.3, 0.4) is 0 Å². The highest BCUT2D eigenvalue weighted by atomic mass is 16.5. The van der Waals surface area contributed by atoms with E-state index in [1.807, 2.05) is 30.5 Å². The number of aromatic nitrogens is 4. The number of carbonyl (C=O) groups excluding carboxylic acids is 1. The van der Waals surface area contributed by atoms with Crippen LogP contribution in [0.1, 0.15) is 29.3 Å². The van der Waals surface area contributed by atoms with Crippen molar-refractivity contribution in [3.63, 3.8) is 0 Å². The van der Waals surface area contributed by atoms with Gasteiger partial charge in [-0.25, -0.2) is 4.98 Å². The molecule has 1 N–H and O–H groups in total. The zero-order valence-corrected chi connectivity index (χ0v) is 17.2. The van der Waals surface area contributed by atoms with E-state index in [-0.39, 0.29) is 17.9 Å². The number of nitrogens with zero attached hydrogens (tertiary/aromatic N) is 5. The van der Waals surface area contributed by atoms with Gasteiger partial charge in [0.05, 0.1) is 30.7 Å². The van der Waals surface area contributed by atoms with Crippen LogP contribution in [0.4, 0.5) is 0 Å². The number of aryl methyl sites for hydroxylation is 2. The molecule has 2 atom stereocenters. The molecule has 1 amide bonds. The molecule has 0 aliphatic carbocycles. The maximum absolute atomic E-state index is 12.7. The number of amides is 1. The van der Waals surface area contributed by atoms with Crippen LogP contribution >= 0.6 is 0 Å². The predicted octanol–water partition coefficient (Wildman–Crippen LogP) is 1.70. The van der Waals surface area contributed by atoms with Crippen LogP contribution in [-0.4, -0.2) is 56.8 Å². The van der Waals surface area contributed by atoms with Crippen molar-refractivity contribution in [2.24, 2.45) is 13.0 Å². The second-order valence-corrected chi connectivity index (χ2v) is 7.75. The lowest BCUT2D eigenvalue weighted by atomic mass is 9.95. The Bertz CT molecular complexity index is 994. The molecule has 3 aromatic heterocycles. The lowest BCUT2D eigenvalue weighted by Gasteiger charge is -2.27. The summed E-state index contributed by atoms with van der Waals surface area (Å²) in [5.41, 5.74) is 4.34. The van der Waals surface area contributed by atoms with Gasteiger partial charge in [-0.15, -0.1) is 0 Å². The quantitative estimate of drug-likeness (QED) is 0.627. The third-order valence-corrected chi connectivity index (χ3v) is 5.60. The molecular formula is C21H28N6O2. The van der Waals surface area contributed by atoms with Crippen molar-refractivity contribution in [1.29, 1.82) is 0 Å². The van der Waals surface area contributed by atoms with E-state index in [0.29, 0.717) is 26.1 Å². The van der Waals surface area contributed by atoms with Gasteiger partial charge in [-0.05, 0) is 24.6 Å². The van der Waals surface area contributed by atoms with E-state index in [1.165, 1.54) is 5.56 Å². The number of hydrogen-bond acceptors (Lipinski definition) is 5. The Kier molecular flexibility index (Phi) is 5.64. The third-order valence-electron chi connectivity index (χ3n) is 5.60. The van der Waals surface area contributed by atoms with Gasteiger partial charge in [0.25, 0.3) is 0 Å². The van der Waals surface area contributed by atoms with Crippen LogP contribution in [-0.2, 0) is 23.1 Å². The van der Waals surface area contributed by atoms with Crippen molar-refractivity contribution in [2.45, 2.75) is 25.9 Å². The fraction of sp³-hybridized carbons (Fsp3) is 0.476. The minimum Gasteiger partial charge on any atom is -0.383 e. The number of ether oxygens (including phenoxy) is 1. The Labute approximate surface area is 170 Å². The van der Waals surface area contributed by atoms with Gasteiger partial charge in [-0.1, -0.05) is 0 Å². The molecule has 0 radical (unpaired) electrons. The molecule has 0 bridgehead atoms. The molecule has 154 valence electrons. The summed E-state index contributed by atoms with van der Waals surface area (Å²) < 4.78 is 9.11. The van der Waals surface area contributed by atoms with E-state index >= 15 is 0 Å². The molecule has 8 nitrogen and oxygen atoms in total. The summed E-state index contributed by atoms with van der Waals surface area (Å²) in [6, 6.07) is 4.18. The number of methoxy groups -OCH3 is 1. The number of hydrogen-bond donors (Lipinski definition) is 1. The second-order valence-electron chi connectivity index (χ2n) is 7.75. The Balaban J connectivity index is 1.46. The van der Waals surface area contributed by atoms with Crippen molar-refractivity contribution in [1.82, 2.24) is 29.4 Å². The molecule has 0 saturated carbocycles. The Morgan fingerprint density at radius 1 is 1.34 bits per heavy atom. The van der Waals surface area contributed by atoms with Gasteiger partial charge in [-0.3, -0.25) is 9.48 Å². The summed E-state index contributed by atoms with van der Waals surface area (Å²) >= 11 is 0. The van der Waals surface area contributed by atoms with E-state index in [1.54, 1.807) is 11.8 Å². The monoisotopic (exact) mass is 396 g/mol. The smallest absolute Gasteiger partial charge is 0.223 e. The first-order valence-corrected chi connectivity index (χ1v) is 9.97. The van der Waals surface area contributed by atoms with Crippen molar-refractivity contribution < 1.29 is 9.53 Å². The maximum Gasteiger partial charge on any atom is 0.223 e. The molecule has 0 aromatic carbocycles. The minimum absolute atomic E-state index is 0.0173. The zero-order chi connectivity index (χ0) is 20.4. The summed E-state index contributed by atoms with van der Waals surface area (Å²) in [5.74, 6) is 0.359. The van der Waals surface area contributed by atoms with Crippen LogP contribution in [0.5, 0.6) is 0 Å². The molecule has 1 fully saturated rings. The van der Waals surface area contributed by atoms with Gasteiger partial charge in [-0.2, -0.15) is 5.10 Å². The molecule has 1 aliphatic heterocycles. The van der Waals surface area contributed by atoms with E-state index in [9.17, 15) is 4.79 Å². The van der Waals surface area contributed by atoms with Crippen LogP contribution in [0.25, 0.3) is 5.65 Å². The Morgan fingerprint density at radius 2 is 2.21 bits per heavy atom. The van der Waals surface area contributed by atoms with Gasteiger partial charge in [0.1, 0.15) is 5.65 Å². The molecule has 3 aromatic rings. The van der Waals surface area contributed by atoms with E-state index in [0.717, 1.165) is 23.4 Å². The van der Waals surface area contributed by atoms with Crippen LogP contribution in [0, 0.1) is 12.8 Å². The summed E-state index contributed by atoms with van der Waals surface area (Å²) in [7, 11) is 3.56. The standard InChI is InChI=1S/C21H28N6O2/c1-15-4-5-26-18(13-23-19(26)8-15)12-22-10-16-9-20(28)27(6-7-29-3)21(16)17-11-24-25(2)14-17/h4-5,8,11,13-14,16,21-22H,6-7,9-10,12H2,1-3H3/t16-,21+/m0/s1. The molecule has 0 unspecified atom stereocenters. The van der Waals surface area contributed by atoms with Gasteiger partial charge in [0.15, 0.2) is 0 Å². The van der Waals surface area contributed by atoms with Crippen LogP contribution in [0.2, 0.25) is 0 Å². The van der Waals surface area contributed by atoms with E-state index < -0.39 is 0 Å². The molecule has 0 spiro atoms. The number of nitrogens with one attached hydrogen (secondary N) is 1. The summed E-state index contributed by atoms with van der Waals surface area (Å²) in [6.45, 7) is 4.64. The molecule has 29 heavy (non-hydrogen) atoms. The summed E-state index contributed by atoms with van der Waals surface area (Å²) in [4.78, 5) is 19.1. The second kappa shape index (κ2) is 8.34. The number of rotatable bonds is 8. The molecule has 4 rings (SSSR count). The highest BCUT2D eigenvalue weighted by Gasteiger charge is 2.40. The minimum atomic E-state index is 0.0173. The van der Waals surface area contributed by atoms with Crippen molar-refractivity contribution in [3.05, 3.63) is 53.7 Å². The summed E-state index contributed by atoms with van der Waals surface area (Å²) in [5, 5.41) is 7.86. The number of carbonyl (C=O) groups is 1. The number of likely N-dealkylation sites (tertiary alicyclic amines) is 1. The molecule has 1 saturated heterocycles. The van der Waals surface area contributed by atoms with E-state index in [4.69, 9.17) is 4.74 Å². The first-order chi connectivity index (χ1) is 14.1. The highest BCUT2D eigenvalue weighted by molar-refractivity contribution is 5.79. The first kappa shape index (κ1) is 19.6. The van der Waals surface area contributed by atoms with Gasteiger partial charge >= 0.3 is 0 Å². The summed E-state index contributed by atoms with van der Waals surface area (Å²) in [6.07, 6.45) is 8.36. The number of pyridine rings is 1. The first-order valence-electron chi connectivity index (χ1n) is 9.97. The number of fused-ring (bicyclic) bond motifs is 1. The lowest BCUT2D eigenvalue weighted by molar-refractivity contribution is -0.129. The van der Waals surface area contributed by atoms with Crippen LogP contribution < -0.4 is 5.32 Å². The fourth-order valence-electron chi connectivity index (χ4n) is 4.20. The van der Waals surface area contributed by atoms with Gasteiger partial charge in [0, 0.05) is 64.1 Å². The fourth-order valence-corrected chi connectivity index (χ4v) is 4.20. The van der Waals surface area contributed by atoms with E-state index in [2.05, 4.69) is 45.1 Å². The van der Waals surface area contributed by atoms with Crippen molar-refractivity contribution >= 4 is 11.6 Å². The average Bonchev–Trinajstić information content (AvgIpc) is 3.37. The molecule has 4 heterocycles. The topological polar surface area (TPSA) is 76.7 Å². The SMILES string of the molecule is COCCN1C(=O)C[C@@H](CNCc2cnc3cc(C)ccn23)[C@@H]1c1cnn(C)c1. The third kappa shape index (κ3) is 4.04. The average molecular weight is 396 g/mol. The van der Waals surface area contributed by atoms with Gasteiger partial charge in [0.2, 0.25) is 5.91 Å². The normalized spacial score (nSPS) is 19.6. The lowest BCUT2D eigenvalue weighted by Crippen LogP contribution is -2.33. The predicted molar refractivity (Wildman–Crippen MR) is 109 cm³/mol. The van der Waals surface area contributed by atoms with Gasteiger partial charge < -0.3 is 19.4 Å². The largest absolute Gasteiger partial charge is 0.383 e. The Morgan fingerprint density at radius 3 is 2.97 bits per heavy atom. The number of imidazole rings is 1. The van der Waals surface area contributed by atoms with Crippen molar-refractivity contribution in [3.8, 4) is 0 Å². The zero-order valence-electron chi connectivity index (χ0n) is 17.2. The molecule has 1 aliphatic rings. The maximum atomic E-state index is 12.7. The Hall–Kier alpha value is -2.71. The highest BCUT2D eigenvalue weighted by Crippen LogP contribution is 2.37. The van der Waals surface area contributed by atoms with Crippen LogP contribution in [0.15, 0.2) is 36.9 Å². The van der Waals surface area contributed by atoms with Crippen molar-refractivity contribution in [2.75, 3.05) is 26.8 Å².